The summed E-state index contributed by atoms with van der Waals surface area (Å²) in [5.74, 6) is 0.373. The van der Waals surface area contributed by atoms with Crippen LogP contribution in [0, 0.1) is 5.92 Å². The molecule has 0 bridgehead atoms. The van der Waals surface area contributed by atoms with Crippen LogP contribution in [0.25, 0.3) is 11.1 Å². The molecule has 0 unspecified atom stereocenters. The highest BCUT2D eigenvalue weighted by molar-refractivity contribution is 5.74. The van der Waals surface area contributed by atoms with Crippen LogP contribution in [-0.2, 0) is 4.74 Å². The van der Waals surface area contributed by atoms with Gasteiger partial charge in [-0.05, 0) is 45.2 Å². The first-order valence-electron chi connectivity index (χ1n) is 7.98. The Labute approximate surface area is 135 Å². The minimum Gasteiger partial charge on any atom is -0.444 e. The minimum atomic E-state index is -0.468. The van der Waals surface area contributed by atoms with Crippen molar-refractivity contribution in [3.05, 3.63) is 24.3 Å². The Morgan fingerprint density at radius 1 is 1.43 bits per heavy atom. The molecule has 6 heteroatoms. The van der Waals surface area contributed by atoms with E-state index in [1.807, 2.05) is 45.0 Å². The van der Waals surface area contributed by atoms with Crippen molar-refractivity contribution >= 4 is 23.2 Å². The van der Waals surface area contributed by atoms with Gasteiger partial charge in [0, 0.05) is 19.6 Å². The summed E-state index contributed by atoms with van der Waals surface area (Å²) in [5, 5.41) is 2.84. The Bertz CT molecular complexity index is 657. The summed E-state index contributed by atoms with van der Waals surface area (Å²) >= 11 is 0. The van der Waals surface area contributed by atoms with Crippen LogP contribution in [0.1, 0.15) is 27.2 Å². The molecule has 2 heterocycles. The summed E-state index contributed by atoms with van der Waals surface area (Å²) in [6.07, 6.45) is 0.631. The van der Waals surface area contributed by atoms with Gasteiger partial charge >= 0.3 is 6.09 Å². The average molecular weight is 317 g/mol. The van der Waals surface area contributed by atoms with E-state index in [9.17, 15) is 4.79 Å². The number of hydrogen-bond acceptors (Lipinski definition) is 5. The lowest BCUT2D eigenvalue weighted by atomic mass is 10.1. The number of anilines is 1. The fraction of sp³-hybridized carbons (Fsp3) is 0.529. The number of rotatable bonds is 3. The molecular weight excluding hydrogens is 294 g/mol. The maximum Gasteiger partial charge on any atom is 0.407 e. The van der Waals surface area contributed by atoms with Crippen LogP contribution in [0.5, 0.6) is 0 Å². The van der Waals surface area contributed by atoms with Crippen molar-refractivity contribution in [3.63, 3.8) is 0 Å². The number of amides is 1. The van der Waals surface area contributed by atoms with E-state index in [1.165, 1.54) is 0 Å². The van der Waals surface area contributed by atoms with E-state index in [4.69, 9.17) is 9.15 Å². The van der Waals surface area contributed by atoms with Crippen LogP contribution in [0.3, 0.4) is 0 Å². The lowest BCUT2D eigenvalue weighted by Crippen LogP contribution is -2.36. The van der Waals surface area contributed by atoms with Gasteiger partial charge in [-0.25, -0.2) is 4.79 Å². The molecule has 0 aliphatic carbocycles. The van der Waals surface area contributed by atoms with Gasteiger partial charge in [0.2, 0.25) is 0 Å². The standard InChI is InChI=1S/C17H23N3O3/c1-17(2,3)23-16(21)18-10-12-8-9-20(11-12)15-19-13-6-4-5-7-14(13)22-15/h4-7,12H,8-11H2,1-3H3,(H,18,21)/t12-/m0/s1. The van der Waals surface area contributed by atoms with Gasteiger partial charge in [0.25, 0.3) is 6.01 Å². The predicted molar refractivity (Wildman–Crippen MR) is 88.6 cm³/mol. The number of carbonyl (C=O) groups excluding carboxylic acids is 1. The Morgan fingerprint density at radius 3 is 2.96 bits per heavy atom. The zero-order chi connectivity index (χ0) is 16.4. The number of hydrogen-bond donors (Lipinski definition) is 1. The quantitative estimate of drug-likeness (QED) is 0.941. The molecule has 1 aromatic carbocycles. The SMILES string of the molecule is CC(C)(C)OC(=O)NC[C@@H]1CCN(c2nc3ccccc3o2)C1. The molecule has 1 aromatic heterocycles. The zero-order valence-corrected chi connectivity index (χ0v) is 13.8. The van der Waals surface area contributed by atoms with Crippen molar-refractivity contribution in [3.8, 4) is 0 Å². The molecule has 1 saturated heterocycles. The van der Waals surface area contributed by atoms with Crippen LogP contribution in [0.15, 0.2) is 28.7 Å². The number of alkyl carbamates (subject to hydrolysis) is 1. The summed E-state index contributed by atoms with van der Waals surface area (Å²) in [6, 6.07) is 8.41. The van der Waals surface area contributed by atoms with Gasteiger partial charge in [-0.2, -0.15) is 4.98 Å². The molecule has 1 atom stereocenters. The first-order valence-corrected chi connectivity index (χ1v) is 7.98. The highest BCUT2D eigenvalue weighted by Gasteiger charge is 2.27. The zero-order valence-electron chi connectivity index (χ0n) is 13.8. The molecule has 23 heavy (non-hydrogen) atoms. The number of carbonyl (C=O) groups is 1. The van der Waals surface area contributed by atoms with Crippen molar-refractivity contribution < 1.29 is 13.9 Å². The molecule has 2 aromatic rings. The molecule has 0 spiro atoms. The molecule has 1 fully saturated rings. The van der Waals surface area contributed by atoms with E-state index >= 15 is 0 Å². The number of aromatic nitrogens is 1. The number of nitrogens with zero attached hydrogens (tertiary/aromatic N) is 2. The van der Waals surface area contributed by atoms with E-state index in [2.05, 4.69) is 15.2 Å². The van der Waals surface area contributed by atoms with Crippen LogP contribution in [0.4, 0.5) is 10.8 Å². The topological polar surface area (TPSA) is 67.6 Å². The van der Waals surface area contributed by atoms with Crippen LogP contribution >= 0.6 is 0 Å². The molecule has 3 rings (SSSR count). The first-order chi connectivity index (χ1) is 10.9. The van der Waals surface area contributed by atoms with Gasteiger partial charge in [-0.1, -0.05) is 12.1 Å². The fourth-order valence-corrected chi connectivity index (χ4v) is 2.71. The maximum atomic E-state index is 11.7. The summed E-state index contributed by atoms with van der Waals surface area (Å²) in [7, 11) is 0. The lowest BCUT2D eigenvalue weighted by molar-refractivity contribution is 0.0520. The second-order valence-electron chi connectivity index (χ2n) is 6.95. The minimum absolute atomic E-state index is 0.363. The van der Waals surface area contributed by atoms with Crippen molar-refractivity contribution in [1.29, 1.82) is 0 Å². The molecule has 6 nitrogen and oxygen atoms in total. The molecule has 0 saturated carbocycles. The molecule has 1 N–H and O–H groups in total. The number of ether oxygens (including phenoxy) is 1. The maximum absolute atomic E-state index is 11.7. The molecule has 1 aliphatic rings. The number of benzene rings is 1. The summed E-state index contributed by atoms with van der Waals surface area (Å²) < 4.78 is 11.0. The second-order valence-corrected chi connectivity index (χ2v) is 6.95. The number of oxazole rings is 1. The van der Waals surface area contributed by atoms with Gasteiger partial charge in [-0.15, -0.1) is 0 Å². The van der Waals surface area contributed by atoms with Crippen LogP contribution in [-0.4, -0.2) is 36.3 Å². The Kier molecular flexibility index (Phi) is 4.15. The molecule has 1 amide bonds. The molecule has 0 radical (unpaired) electrons. The number of para-hydroxylation sites is 2. The summed E-state index contributed by atoms with van der Waals surface area (Å²) in [4.78, 5) is 18.4. The third-order valence-corrected chi connectivity index (χ3v) is 3.77. The summed E-state index contributed by atoms with van der Waals surface area (Å²) in [6.45, 7) is 7.88. The Hall–Kier alpha value is -2.24. The van der Waals surface area contributed by atoms with E-state index in [1.54, 1.807) is 0 Å². The fourth-order valence-electron chi connectivity index (χ4n) is 2.71. The van der Waals surface area contributed by atoms with Gasteiger partial charge in [0.05, 0.1) is 0 Å². The molecule has 1 aliphatic heterocycles. The van der Waals surface area contributed by atoms with E-state index in [0.717, 1.165) is 30.6 Å². The Balaban J connectivity index is 1.53. The third-order valence-electron chi connectivity index (χ3n) is 3.77. The summed E-state index contributed by atoms with van der Waals surface area (Å²) in [5.41, 5.74) is 1.21. The normalized spacial score (nSPS) is 18.4. The number of nitrogens with one attached hydrogen (secondary N) is 1. The van der Waals surface area contributed by atoms with Crippen molar-refractivity contribution in [2.45, 2.75) is 32.8 Å². The highest BCUT2D eigenvalue weighted by atomic mass is 16.6. The van der Waals surface area contributed by atoms with Gasteiger partial charge < -0.3 is 19.4 Å². The number of fused-ring (bicyclic) bond motifs is 1. The first kappa shape index (κ1) is 15.6. The molecular formula is C17H23N3O3. The second kappa shape index (κ2) is 6.10. The van der Waals surface area contributed by atoms with Gasteiger partial charge in [0.1, 0.15) is 11.1 Å². The van der Waals surface area contributed by atoms with E-state index < -0.39 is 5.60 Å². The highest BCUT2D eigenvalue weighted by Crippen LogP contribution is 2.26. The third kappa shape index (κ3) is 3.94. The van der Waals surface area contributed by atoms with Crippen molar-refractivity contribution in [1.82, 2.24) is 10.3 Å². The van der Waals surface area contributed by atoms with E-state index in [-0.39, 0.29) is 6.09 Å². The molecule has 124 valence electrons. The van der Waals surface area contributed by atoms with Gasteiger partial charge in [-0.3, -0.25) is 0 Å². The van der Waals surface area contributed by atoms with Crippen LogP contribution < -0.4 is 10.2 Å². The smallest absolute Gasteiger partial charge is 0.407 e. The average Bonchev–Trinajstić information content (AvgIpc) is 3.09. The van der Waals surface area contributed by atoms with E-state index in [0.29, 0.717) is 18.5 Å². The van der Waals surface area contributed by atoms with Gasteiger partial charge in [0.15, 0.2) is 5.58 Å². The predicted octanol–water partition coefficient (Wildman–Crippen LogP) is 3.18. The van der Waals surface area contributed by atoms with Crippen molar-refractivity contribution in [2.75, 3.05) is 24.5 Å². The Morgan fingerprint density at radius 2 is 2.22 bits per heavy atom. The van der Waals surface area contributed by atoms with Crippen molar-refractivity contribution in [2.24, 2.45) is 5.92 Å². The monoisotopic (exact) mass is 317 g/mol. The lowest BCUT2D eigenvalue weighted by Gasteiger charge is -2.20. The largest absolute Gasteiger partial charge is 0.444 e. The van der Waals surface area contributed by atoms with Crippen LogP contribution in [0.2, 0.25) is 0 Å².